The molecule has 1 N–H and O–H groups in total. The molecule has 2 aromatic carbocycles. The zero-order chi connectivity index (χ0) is 14.4. The van der Waals surface area contributed by atoms with Gasteiger partial charge in [0.1, 0.15) is 5.82 Å². The van der Waals surface area contributed by atoms with Gasteiger partial charge < -0.3 is 5.32 Å². The molecule has 0 unspecified atom stereocenters. The van der Waals surface area contributed by atoms with Crippen LogP contribution in [0.15, 0.2) is 47.4 Å². The van der Waals surface area contributed by atoms with Crippen molar-refractivity contribution in [3.63, 3.8) is 0 Å². The van der Waals surface area contributed by atoms with E-state index in [1.807, 2.05) is 0 Å². The summed E-state index contributed by atoms with van der Waals surface area (Å²) >= 11 is 7.49. The first kappa shape index (κ1) is 15.4. The van der Waals surface area contributed by atoms with Gasteiger partial charge in [0.15, 0.2) is 0 Å². The average Bonchev–Trinajstić information content (AvgIpc) is 2.47. The van der Waals surface area contributed by atoms with Gasteiger partial charge in [-0.05, 0) is 48.0 Å². The number of halogens is 2. The molecule has 0 spiro atoms. The first-order valence-electron chi connectivity index (χ1n) is 6.55. The molecular formula is C16H17ClFNS. The van der Waals surface area contributed by atoms with Crippen LogP contribution in [0.4, 0.5) is 4.39 Å². The summed E-state index contributed by atoms with van der Waals surface area (Å²) in [7, 11) is 0. The fourth-order valence-corrected chi connectivity index (χ4v) is 2.85. The summed E-state index contributed by atoms with van der Waals surface area (Å²) in [6.07, 6.45) is 0. The van der Waals surface area contributed by atoms with E-state index in [0.29, 0.717) is 16.3 Å². The Labute approximate surface area is 128 Å². The van der Waals surface area contributed by atoms with Crippen LogP contribution >= 0.6 is 23.4 Å². The van der Waals surface area contributed by atoms with Crippen LogP contribution in [0, 0.1) is 5.82 Å². The van der Waals surface area contributed by atoms with Gasteiger partial charge in [0.05, 0.1) is 0 Å². The largest absolute Gasteiger partial charge is 0.313 e. The van der Waals surface area contributed by atoms with E-state index >= 15 is 0 Å². The standard InChI is InChI=1S/C16H17ClFNS/c1-2-19-10-12-3-6-15(7-4-12)20-11-13-9-14(17)5-8-16(13)18/h3-9,19H,2,10-11H2,1H3. The molecule has 1 nitrogen and oxygen atoms in total. The van der Waals surface area contributed by atoms with Gasteiger partial charge in [0.2, 0.25) is 0 Å². The Morgan fingerprint density at radius 3 is 2.60 bits per heavy atom. The first-order chi connectivity index (χ1) is 9.69. The Morgan fingerprint density at radius 1 is 1.15 bits per heavy atom. The minimum atomic E-state index is -0.203. The van der Waals surface area contributed by atoms with E-state index in [9.17, 15) is 4.39 Å². The Balaban J connectivity index is 1.95. The van der Waals surface area contributed by atoms with E-state index in [-0.39, 0.29) is 5.82 Å². The molecule has 0 aliphatic heterocycles. The van der Waals surface area contributed by atoms with Gasteiger partial charge in [-0.1, -0.05) is 30.7 Å². The number of nitrogens with one attached hydrogen (secondary N) is 1. The van der Waals surface area contributed by atoms with Gasteiger partial charge in [-0.2, -0.15) is 0 Å². The SMILES string of the molecule is CCNCc1ccc(SCc2cc(Cl)ccc2F)cc1. The molecule has 0 bridgehead atoms. The van der Waals surface area contributed by atoms with Crippen molar-refractivity contribution in [1.82, 2.24) is 5.32 Å². The lowest BCUT2D eigenvalue weighted by Gasteiger charge is -2.06. The number of thioether (sulfide) groups is 1. The number of benzene rings is 2. The molecule has 2 aromatic rings. The lowest BCUT2D eigenvalue weighted by atomic mass is 10.2. The van der Waals surface area contributed by atoms with Gasteiger partial charge in [0.25, 0.3) is 0 Å². The third-order valence-electron chi connectivity index (χ3n) is 2.90. The molecule has 20 heavy (non-hydrogen) atoms. The van der Waals surface area contributed by atoms with Crippen LogP contribution in [0.25, 0.3) is 0 Å². The molecule has 4 heteroatoms. The zero-order valence-corrected chi connectivity index (χ0v) is 12.9. The summed E-state index contributed by atoms with van der Waals surface area (Å²) in [6, 6.07) is 13.0. The van der Waals surface area contributed by atoms with E-state index in [1.165, 1.54) is 11.6 Å². The molecule has 2 rings (SSSR count). The maximum atomic E-state index is 13.6. The highest BCUT2D eigenvalue weighted by atomic mass is 35.5. The average molecular weight is 310 g/mol. The van der Waals surface area contributed by atoms with Crippen LogP contribution in [-0.4, -0.2) is 6.54 Å². The predicted octanol–water partition coefficient (Wildman–Crippen LogP) is 4.88. The summed E-state index contributed by atoms with van der Waals surface area (Å²) in [5.41, 5.74) is 1.89. The molecule has 0 aliphatic rings. The number of hydrogen-bond acceptors (Lipinski definition) is 2. The highest BCUT2D eigenvalue weighted by Gasteiger charge is 2.04. The minimum Gasteiger partial charge on any atom is -0.313 e. The van der Waals surface area contributed by atoms with Crippen molar-refractivity contribution in [1.29, 1.82) is 0 Å². The van der Waals surface area contributed by atoms with E-state index < -0.39 is 0 Å². The van der Waals surface area contributed by atoms with Crippen molar-refractivity contribution >= 4 is 23.4 Å². The topological polar surface area (TPSA) is 12.0 Å². The van der Waals surface area contributed by atoms with Crippen LogP contribution < -0.4 is 5.32 Å². The fraction of sp³-hybridized carbons (Fsp3) is 0.250. The van der Waals surface area contributed by atoms with Crippen molar-refractivity contribution in [2.45, 2.75) is 24.1 Å². The second-order valence-corrected chi connectivity index (χ2v) is 5.93. The Morgan fingerprint density at radius 2 is 1.90 bits per heavy atom. The van der Waals surface area contributed by atoms with Gasteiger partial charge in [-0.15, -0.1) is 11.8 Å². The van der Waals surface area contributed by atoms with Crippen LogP contribution in [0.5, 0.6) is 0 Å². The van der Waals surface area contributed by atoms with E-state index in [2.05, 4.69) is 36.5 Å². The molecule has 0 heterocycles. The fourth-order valence-electron chi connectivity index (χ4n) is 1.79. The summed E-state index contributed by atoms with van der Waals surface area (Å²) in [5.74, 6) is 0.379. The van der Waals surface area contributed by atoms with Gasteiger partial charge in [-0.3, -0.25) is 0 Å². The van der Waals surface area contributed by atoms with Crippen molar-refractivity contribution < 1.29 is 4.39 Å². The maximum absolute atomic E-state index is 13.6. The smallest absolute Gasteiger partial charge is 0.127 e. The van der Waals surface area contributed by atoms with E-state index in [1.54, 1.807) is 23.9 Å². The monoisotopic (exact) mass is 309 g/mol. The molecule has 0 saturated heterocycles. The minimum absolute atomic E-state index is 0.203. The van der Waals surface area contributed by atoms with Crippen LogP contribution in [-0.2, 0) is 12.3 Å². The predicted molar refractivity (Wildman–Crippen MR) is 84.8 cm³/mol. The van der Waals surface area contributed by atoms with Gasteiger partial charge in [-0.25, -0.2) is 4.39 Å². The van der Waals surface area contributed by atoms with Crippen molar-refractivity contribution in [3.8, 4) is 0 Å². The molecule has 0 atom stereocenters. The third-order valence-corrected chi connectivity index (χ3v) is 4.20. The van der Waals surface area contributed by atoms with Crippen LogP contribution in [0.3, 0.4) is 0 Å². The second-order valence-electron chi connectivity index (χ2n) is 4.45. The highest BCUT2D eigenvalue weighted by molar-refractivity contribution is 7.98. The lowest BCUT2D eigenvalue weighted by molar-refractivity contribution is 0.617. The molecule has 0 amide bonds. The maximum Gasteiger partial charge on any atom is 0.127 e. The van der Waals surface area contributed by atoms with Gasteiger partial charge in [0, 0.05) is 22.2 Å². The number of rotatable bonds is 6. The first-order valence-corrected chi connectivity index (χ1v) is 7.92. The Bertz CT molecular complexity index is 557. The normalized spacial score (nSPS) is 10.8. The van der Waals surface area contributed by atoms with Crippen molar-refractivity contribution in [3.05, 3.63) is 64.4 Å². The van der Waals surface area contributed by atoms with E-state index in [4.69, 9.17) is 11.6 Å². The lowest BCUT2D eigenvalue weighted by Crippen LogP contribution is -2.11. The summed E-state index contributed by atoms with van der Waals surface area (Å²) in [5, 5.41) is 3.86. The summed E-state index contributed by atoms with van der Waals surface area (Å²) in [4.78, 5) is 1.13. The molecule has 0 aliphatic carbocycles. The number of hydrogen-bond donors (Lipinski definition) is 1. The quantitative estimate of drug-likeness (QED) is 0.763. The highest BCUT2D eigenvalue weighted by Crippen LogP contribution is 2.26. The third kappa shape index (κ3) is 4.51. The summed E-state index contributed by atoms with van der Waals surface area (Å²) in [6.45, 7) is 3.93. The Kier molecular flexibility index (Phi) is 5.89. The van der Waals surface area contributed by atoms with Crippen molar-refractivity contribution in [2.24, 2.45) is 0 Å². The van der Waals surface area contributed by atoms with Crippen LogP contribution in [0.1, 0.15) is 18.1 Å². The molecule has 0 radical (unpaired) electrons. The Hall–Kier alpha value is -1.03. The summed E-state index contributed by atoms with van der Waals surface area (Å²) < 4.78 is 13.6. The van der Waals surface area contributed by atoms with Gasteiger partial charge >= 0.3 is 0 Å². The van der Waals surface area contributed by atoms with Crippen molar-refractivity contribution in [2.75, 3.05) is 6.54 Å². The molecular weight excluding hydrogens is 293 g/mol. The molecule has 106 valence electrons. The molecule has 0 saturated carbocycles. The molecule has 0 aromatic heterocycles. The zero-order valence-electron chi connectivity index (χ0n) is 11.3. The van der Waals surface area contributed by atoms with Crippen LogP contribution in [0.2, 0.25) is 5.02 Å². The van der Waals surface area contributed by atoms with E-state index in [0.717, 1.165) is 18.0 Å². The second kappa shape index (κ2) is 7.67. The molecule has 0 fully saturated rings.